The predicted molar refractivity (Wildman–Crippen MR) is 89.7 cm³/mol. The highest BCUT2D eigenvalue weighted by Gasteiger charge is 2.21. The second-order valence-corrected chi connectivity index (χ2v) is 6.73. The lowest BCUT2D eigenvalue weighted by atomic mass is 10.1. The fourth-order valence-corrected chi connectivity index (χ4v) is 3.73. The Labute approximate surface area is 137 Å². The summed E-state index contributed by atoms with van der Waals surface area (Å²) < 4.78 is 11.7. The van der Waals surface area contributed by atoms with Crippen molar-refractivity contribution in [3.05, 3.63) is 37.7 Å². The minimum Gasteiger partial charge on any atom is -0.493 e. The van der Waals surface area contributed by atoms with Gasteiger partial charge in [-0.05, 0) is 38.6 Å². The Morgan fingerprint density at radius 2 is 1.81 bits per heavy atom. The molecule has 0 fully saturated rings. The van der Waals surface area contributed by atoms with Gasteiger partial charge in [0.2, 0.25) is 0 Å². The summed E-state index contributed by atoms with van der Waals surface area (Å²) in [5.74, 6) is 1.41. The van der Waals surface area contributed by atoms with Crippen molar-refractivity contribution in [2.75, 3.05) is 21.3 Å². The topological polar surface area (TPSA) is 43.4 Å². The monoisotopic (exact) mass is 370 g/mol. The van der Waals surface area contributed by atoms with Gasteiger partial charge in [0.15, 0.2) is 11.5 Å². The Morgan fingerprint density at radius 3 is 2.29 bits per heavy atom. The Balaban J connectivity index is 2.51. The summed E-state index contributed by atoms with van der Waals surface area (Å²) in [6.07, 6.45) is 0. The minimum absolute atomic E-state index is 0.0107. The number of thiazole rings is 1. The van der Waals surface area contributed by atoms with Crippen molar-refractivity contribution < 1.29 is 9.47 Å². The van der Waals surface area contributed by atoms with E-state index in [0.717, 1.165) is 20.7 Å². The number of hydrogen-bond donors (Lipinski definition) is 1. The standard InChI is InChI=1S/C15H19BrN2O2S/c1-8-9(2)21-15(18-8)14(17-3)10-6-12(19-4)13(20-5)7-11(10)16/h6-7,14,17H,1-5H3. The first-order valence-electron chi connectivity index (χ1n) is 6.54. The summed E-state index contributed by atoms with van der Waals surface area (Å²) in [6, 6.07) is 3.92. The van der Waals surface area contributed by atoms with Gasteiger partial charge in [-0.15, -0.1) is 11.3 Å². The molecule has 1 atom stereocenters. The maximum atomic E-state index is 5.40. The van der Waals surface area contributed by atoms with Gasteiger partial charge in [-0.2, -0.15) is 0 Å². The normalized spacial score (nSPS) is 12.3. The first-order valence-corrected chi connectivity index (χ1v) is 8.15. The molecule has 0 amide bonds. The van der Waals surface area contributed by atoms with E-state index in [9.17, 15) is 0 Å². The number of rotatable bonds is 5. The lowest BCUT2D eigenvalue weighted by Crippen LogP contribution is -2.18. The molecule has 0 saturated heterocycles. The molecule has 0 aliphatic heterocycles. The molecule has 21 heavy (non-hydrogen) atoms. The van der Waals surface area contributed by atoms with E-state index in [4.69, 9.17) is 9.47 Å². The van der Waals surface area contributed by atoms with Crippen LogP contribution in [-0.2, 0) is 0 Å². The van der Waals surface area contributed by atoms with Gasteiger partial charge in [0.25, 0.3) is 0 Å². The van der Waals surface area contributed by atoms with Crippen LogP contribution in [0.3, 0.4) is 0 Å². The summed E-state index contributed by atoms with van der Waals surface area (Å²) in [7, 11) is 5.20. The third-order valence-electron chi connectivity index (χ3n) is 3.39. The highest BCUT2D eigenvalue weighted by atomic mass is 79.9. The average Bonchev–Trinajstić information content (AvgIpc) is 2.80. The number of aromatic nitrogens is 1. The van der Waals surface area contributed by atoms with E-state index >= 15 is 0 Å². The zero-order valence-electron chi connectivity index (χ0n) is 12.8. The van der Waals surface area contributed by atoms with Gasteiger partial charge in [-0.25, -0.2) is 4.98 Å². The van der Waals surface area contributed by atoms with Crippen LogP contribution in [0.4, 0.5) is 0 Å². The summed E-state index contributed by atoms with van der Waals surface area (Å²) in [4.78, 5) is 5.90. The van der Waals surface area contributed by atoms with Gasteiger partial charge in [-0.3, -0.25) is 0 Å². The van der Waals surface area contributed by atoms with Gasteiger partial charge in [0.1, 0.15) is 5.01 Å². The SMILES string of the molecule is CNC(c1nc(C)c(C)s1)c1cc(OC)c(OC)cc1Br. The van der Waals surface area contributed by atoms with Gasteiger partial charge in [0, 0.05) is 9.35 Å². The van der Waals surface area contributed by atoms with Crippen molar-refractivity contribution in [2.45, 2.75) is 19.9 Å². The average molecular weight is 371 g/mol. The molecule has 1 heterocycles. The number of methoxy groups -OCH3 is 2. The number of benzene rings is 1. The molecule has 2 rings (SSSR count). The molecule has 0 bridgehead atoms. The van der Waals surface area contributed by atoms with E-state index in [2.05, 4.69) is 33.2 Å². The predicted octanol–water partition coefficient (Wildman–Crippen LogP) is 3.85. The van der Waals surface area contributed by atoms with Crippen LogP contribution in [0.2, 0.25) is 0 Å². The Hall–Kier alpha value is -1.11. The molecule has 1 N–H and O–H groups in total. The molecule has 6 heteroatoms. The zero-order valence-corrected chi connectivity index (χ0v) is 15.2. The van der Waals surface area contributed by atoms with E-state index in [1.807, 2.05) is 26.1 Å². The summed E-state index contributed by atoms with van der Waals surface area (Å²) >= 11 is 5.32. The molecule has 1 aromatic heterocycles. The van der Waals surface area contributed by atoms with Crippen LogP contribution in [0.25, 0.3) is 0 Å². The number of ether oxygens (including phenoxy) is 2. The molecule has 0 spiro atoms. The maximum absolute atomic E-state index is 5.40. The molecule has 0 radical (unpaired) electrons. The number of hydrogen-bond acceptors (Lipinski definition) is 5. The molecule has 114 valence electrons. The number of nitrogens with one attached hydrogen (secondary N) is 1. The van der Waals surface area contributed by atoms with Crippen LogP contribution in [0.1, 0.15) is 27.2 Å². The van der Waals surface area contributed by atoms with E-state index in [-0.39, 0.29) is 6.04 Å². The lowest BCUT2D eigenvalue weighted by molar-refractivity contribution is 0.354. The second-order valence-electron chi connectivity index (χ2n) is 4.64. The number of aryl methyl sites for hydroxylation is 2. The quantitative estimate of drug-likeness (QED) is 0.867. The zero-order chi connectivity index (χ0) is 15.6. The molecule has 4 nitrogen and oxygen atoms in total. The first kappa shape index (κ1) is 16.3. The number of nitrogens with zero attached hydrogens (tertiary/aromatic N) is 1. The van der Waals surface area contributed by atoms with Crippen molar-refractivity contribution in [3.8, 4) is 11.5 Å². The summed E-state index contributed by atoms with van der Waals surface area (Å²) in [5.41, 5.74) is 2.15. The summed E-state index contributed by atoms with van der Waals surface area (Å²) in [5, 5.41) is 4.37. The minimum atomic E-state index is 0.0107. The van der Waals surface area contributed by atoms with Crippen LogP contribution < -0.4 is 14.8 Å². The van der Waals surface area contributed by atoms with Crippen molar-refractivity contribution in [3.63, 3.8) is 0 Å². The summed E-state index contributed by atoms with van der Waals surface area (Å²) in [6.45, 7) is 4.12. The molecule has 0 aliphatic rings. The molecular weight excluding hydrogens is 352 g/mol. The van der Waals surface area contributed by atoms with Crippen molar-refractivity contribution in [1.29, 1.82) is 0 Å². The molecular formula is C15H19BrN2O2S. The fraction of sp³-hybridized carbons (Fsp3) is 0.400. The van der Waals surface area contributed by atoms with E-state index in [1.165, 1.54) is 4.88 Å². The van der Waals surface area contributed by atoms with Crippen molar-refractivity contribution >= 4 is 27.3 Å². The van der Waals surface area contributed by atoms with Gasteiger partial charge >= 0.3 is 0 Å². The van der Waals surface area contributed by atoms with E-state index < -0.39 is 0 Å². The van der Waals surface area contributed by atoms with Gasteiger partial charge < -0.3 is 14.8 Å². The lowest BCUT2D eigenvalue weighted by Gasteiger charge is -2.18. The van der Waals surface area contributed by atoms with Crippen molar-refractivity contribution in [2.24, 2.45) is 0 Å². The molecule has 2 aromatic rings. The van der Waals surface area contributed by atoms with Crippen LogP contribution in [0, 0.1) is 13.8 Å². The van der Waals surface area contributed by atoms with Crippen LogP contribution in [0.15, 0.2) is 16.6 Å². The molecule has 1 unspecified atom stereocenters. The van der Waals surface area contributed by atoms with Crippen LogP contribution in [0.5, 0.6) is 11.5 Å². The molecule has 0 aliphatic carbocycles. The highest BCUT2D eigenvalue weighted by molar-refractivity contribution is 9.10. The van der Waals surface area contributed by atoms with Gasteiger partial charge in [0.05, 0.1) is 26.0 Å². The largest absolute Gasteiger partial charge is 0.493 e. The fourth-order valence-electron chi connectivity index (χ4n) is 2.12. The molecule has 0 saturated carbocycles. The third kappa shape index (κ3) is 3.22. The smallest absolute Gasteiger partial charge is 0.161 e. The van der Waals surface area contributed by atoms with Gasteiger partial charge in [-0.1, -0.05) is 15.9 Å². The second kappa shape index (κ2) is 6.77. The number of halogens is 1. The Morgan fingerprint density at radius 1 is 1.19 bits per heavy atom. The maximum Gasteiger partial charge on any atom is 0.161 e. The van der Waals surface area contributed by atoms with Crippen LogP contribution >= 0.6 is 27.3 Å². The third-order valence-corrected chi connectivity index (χ3v) is 5.22. The molecule has 1 aromatic carbocycles. The first-order chi connectivity index (χ1) is 10.0. The highest BCUT2D eigenvalue weighted by Crippen LogP contribution is 2.38. The Kier molecular flexibility index (Phi) is 5.24. The van der Waals surface area contributed by atoms with E-state index in [1.54, 1.807) is 25.6 Å². The van der Waals surface area contributed by atoms with Crippen molar-refractivity contribution in [1.82, 2.24) is 10.3 Å². The van der Waals surface area contributed by atoms with Crippen LogP contribution in [-0.4, -0.2) is 26.3 Å². The van der Waals surface area contributed by atoms with E-state index in [0.29, 0.717) is 11.5 Å². The Bertz CT molecular complexity index is 623.